The maximum Gasteiger partial charge on any atom is 0.450 e. The number of esters is 1. The summed E-state index contributed by atoms with van der Waals surface area (Å²) < 4.78 is 52.2. The van der Waals surface area contributed by atoms with E-state index >= 15 is 0 Å². The SMILES string of the molecule is O=C(Oc1ccc2c(=O)c(-c3ccccc3)c(C(F)(F)F)oc2c1)c1ccc2nc3ccccc3nc2c1. The van der Waals surface area contributed by atoms with Gasteiger partial charge in [-0.05, 0) is 48.0 Å². The molecule has 0 aliphatic carbocycles. The Kier molecular flexibility index (Phi) is 5.41. The van der Waals surface area contributed by atoms with Crippen molar-refractivity contribution >= 4 is 39.0 Å². The quantitative estimate of drug-likeness (QED) is 0.147. The van der Waals surface area contributed by atoms with Crippen LogP contribution in [-0.4, -0.2) is 15.9 Å². The standard InChI is InChI=1S/C29H15F3N2O4/c30-29(31,32)27-25(16-6-2-1-3-7-16)26(35)19-12-11-18(15-24(19)38-27)37-28(36)17-10-13-22-23(14-17)34-21-9-5-4-8-20(21)33-22/h1-15H. The Labute approximate surface area is 211 Å². The average molecular weight is 512 g/mol. The molecule has 0 aliphatic rings. The summed E-state index contributed by atoms with van der Waals surface area (Å²) in [7, 11) is 0. The van der Waals surface area contributed by atoms with E-state index in [-0.39, 0.29) is 27.8 Å². The van der Waals surface area contributed by atoms with Crippen molar-refractivity contribution in [3.8, 4) is 16.9 Å². The lowest BCUT2D eigenvalue weighted by Crippen LogP contribution is -2.16. The van der Waals surface area contributed by atoms with Gasteiger partial charge in [-0.1, -0.05) is 42.5 Å². The zero-order valence-corrected chi connectivity index (χ0v) is 19.3. The molecular formula is C29H15F3N2O4. The minimum absolute atomic E-state index is 0.0792. The molecule has 0 N–H and O–H groups in total. The van der Waals surface area contributed by atoms with Crippen LogP contribution in [0.4, 0.5) is 13.2 Å². The van der Waals surface area contributed by atoms with Gasteiger partial charge in [0.2, 0.25) is 11.2 Å². The molecule has 6 aromatic rings. The Hall–Kier alpha value is -5.05. The van der Waals surface area contributed by atoms with Gasteiger partial charge in [-0.15, -0.1) is 0 Å². The molecule has 0 unspecified atom stereocenters. The van der Waals surface area contributed by atoms with E-state index in [4.69, 9.17) is 9.15 Å². The number of para-hydroxylation sites is 2. The van der Waals surface area contributed by atoms with Crippen molar-refractivity contribution < 1.29 is 27.1 Å². The Morgan fingerprint density at radius 2 is 1.42 bits per heavy atom. The van der Waals surface area contributed by atoms with Gasteiger partial charge < -0.3 is 9.15 Å². The highest BCUT2D eigenvalue weighted by Gasteiger charge is 2.39. The second-order valence-corrected chi connectivity index (χ2v) is 8.46. The fourth-order valence-electron chi connectivity index (χ4n) is 4.22. The molecule has 6 rings (SSSR count). The van der Waals surface area contributed by atoms with Gasteiger partial charge in [-0.3, -0.25) is 4.79 Å². The number of carbonyl (C=O) groups is 1. The van der Waals surface area contributed by atoms with Crippen molar-refractivity contribution in [3.63, 3.8) is 0 Å². The molecular weight excluding hydrogens is 497 g/mol. The summed E-state index contributed by atoms with van der Waals surface area (Å²) >= 11 is 0. The van der Waals surface area contributed by atoms with Crippen LogP contribution in [0.5, 0.6) is 5.75 Å². The molecule has 186 valence electrons. The number of carbonyl (C=O) groups excluding carboxylic acids is 1. The van der Waals surface area contributed by atoms with Crippen molar-refractivity contribution in [1.82, 2.24) is 9.97 Å². The maximum absolute atomic E-state index is 13.9. The Morgan fingerprint density at radius 3 is 2.13 bits per heavy atom. The summed E-state index contributed by atoms with van der Waals surface area (Å²) in [6.45, 7) is 0. The smallest absolute Gasteiger partial charge is 0.450 e. The number of fused-ring (bicyclic) bond motifs is 3. The molecule has 0 aliphatic heterocycles. The van der Waals surface area contributed by atoms with E-state index in [0.29, 0.717) is 22.1 Å². The van der Waals surface area contributed by atoms with Crippen LogP contribution in [0.2, 0.25) is 0 Å². The predicted octanol–water partition coefficient (Wildman–Crippen LogP) is 6.79. The van der Waals surface area contributed by atoms with Crippen LogP contribution in [0.15, 0.2) is 100 Å². The lowest BCUT2D eigenvalue weighted by molar-refractivity contribution is -0.152. The fraction of sp³-hybridized carbons (Fsp3) is 0.0345. The van der Waals surface area contributed by atoms with E-state index in [1.807, 2.05) is 18.2 Å². The number of nitrogens with zero attached hydrogens (tertiary/aromatic N) is 2. The van der Waals surface area contributed by atoms with Crippen LogP contribution >= 0.6 is 0 Å². The van der Waals surface area contributed by atoms with Crippen molar-refractivity contribution in [2.75, 3.05) is 0 Å². The van der Waals surface area contributed by atoms with Crippen molar-refractivity contribution in [1.29, 1.82) is 0 Å². The molecule has 6 nitrogen and oxygen atoms in total. The third-order valence-corrected chi connectivity index (χ3v) is 5.97. The van der Waals surface area contributed by atoms with Crippen LogP contribution < -0.4 is 10.2 Å². The highest BCUT2D eigenvalue weighted by molar-refractivity contribution is 5.96. The van der Waals surface area contributed by atoms with E-state index in [1.54, 1.807) is 18.2 Å². The summed E-state index contributed by atoms with van der Waals surface area (Å²) in [5, 5.41) is -0.0792. The topological polar surface area (TPSA) is 82.3 Å². The first-order valence-electron chi connectivity index (χ1n) is 11.4. The zero-order valence-electron chi connectivity index (χ0n) is 19.3. The fourth-order valence-corrected chi connectivity index (χ4v) is 4.22. The second kappa shape index (κ2) is 8.81. The molecule has 0 atom stereocenters. The highest BCUT2D eigenvalue weighted by Crippen LogP contribution is 2.37. The molecule has 0 bridgehead atoms. The number of hydrogen-bond donors (Lipinski definition) is 0. The van der Waals surface area contributed by atoms with Crippen molar-refractivity contribution in [2.45, 2.75) is 6.18 Å². The summed E-state index contributed by atoms with van der Waals surface area (Å²) in [5.74, 6) is -2.28. The van der Waals surface area contributed by atoms with Crippen LogP contribution in [0.25, 0.3) is 44.2 Å². The average Bonchev–Trinajstić information content (AvgIpc) is 2.91. The van der Waals surface area contributed by atoms with Crippen LogP contribution in [0, 0.1) is 0 Å². The van der Waals surface area contributed by atoms with Gasteiger partial charge in [0, 0.05) is 6.07 Å². The monoisotopic (exact) mass is 512 g/mol. The van der Waals surface area contributed by atoms with E-state index in [2.05, 4.69) is 9.97 Å². The molecule has 38 heavy (non-hydrogen) atoms. The Morgan fingerprint density at radius 1 is 0.763 bits per heavy atom. The molecule has 2 heterocycles. The number of hydrogen-bond acceptors (Lipinski definition) is 6. The highest BCUT2D eigenvalue weighted by atomic mass is 19.4. The molecule has 0 spiro atoms. The van der Waals surface area contributed by atoms with Gasteiger partial charge in [-0.25, -0.2) is 14.8 Å². The first-order valence-corrected chi connectivity index (χ1v) is 11.4. The molecule has 0 amide bonds. The molecule has 9 heteroatoms. The van der Waals surface area contributed by atoms with Crippen molar-refractivity contribution in [3.05, 3.63) is 113 Å². The van der Waals surface area contributed by atoms with Crippen LogP contribution in [-0.2, 0) is 6.18 Å². The van der Waals surface area contributed by atoms with Gasteiger partial charge in [-0.2, -0.15) is 13.2 Å². The lowest BCUT2D eigenvalue weighted by atomic mass is 10.0. The maximum atomic E-state index is 13.9. The van der Waals surface area contributed by atoms with Crippen LogP contribution in [0.3, 0.4) is 0 Å². The Balaban J connectivity index is 1.38. The minimum atomic E-state index is -4.93. The van der Waals surface area contributed by atoms with Gasteiger partial charge in [0.15, 0.2) is 0 Å². The summed E-state index contributed by atoms with van der Waals surface area (Å²) in [6, 6.07) is 23.2. The van der Waals surface area contributed by atoms with Gasteiger partial charge in [0.1, 0.15) is 11.3 Å². The molecule has 2 aromatic heterocycles. The van der Waals surface area contributed by atoms with Gasteiger partial charge >= 0.3 is 12.1 Å². The van der Waals surface area contributed by atoms with E-state index < -0.39 is 28.9 Å². The number of ether oxygens (including phenoxy) is 1. The van der Waals surface area contributed by atoms with E-state index in [9.17, 15) is 22.8 Å². The molecule has 0 radical (unpaired) electrons. The third kappa shape index (κ3) is 4.13. The largest absolute Gasteiger partial charge is 0.450 e. The normalized spacial score (nSPS) is 11.8. The van der Waals surface area contributed by atoms with E-state index in [1.165, 1.54) is 48.5 Å². The molecule has 0 fully saturated rings. The molecule has 0 saturated heterocycles. The minimum Gasteiger partial charge on any atom is -0.450 e. The number of benzene rings is 4. The number of aromatic nitrogens is 2. The first-order chi connectivity index (χ1) is 18.3. The number of halogens is 3. The summed E-state index contributed by atoms with van der Waals surface area (Å²) in [4.78, 5) is 35.0. The predicted molar refractivity (Wildman–Crippen MR) is 135 cm³/mol. The zero-order chi connectivity index (χ0) is 26.4. The molecule has 0 saturated carbocycles. The molecule has 4 aromatic carbocycles. The summed E-state index contributed by atoms with van der Waals surface area (Å²) in [5.41, 5.74) is 0.892. The number of alkyl halides is 3. The third-order valence-electron chi connectivity index (χ3n) is 5.97. The Bertz CT molecular complexity index is 1930. The van der Waals surface area contributed by atoms with Crippen LogP contribution in [0.1, 0.15) is 16.1 Å². The van der Waals surface area contributed by atoms with Crippen molar-refractivity contribution in [2.24, 2.45) is 0 Å². The number of rotatable bonds is 3. The van der Waals surface area contributed by atoms with Gasteiger partial charge in [0.05, 0.1) is 38.6 Å². The van der Waals surface area contributed by atoms with E-state index in [0.717, 1.165) is 6.07 Å². The first kappa shape index (κ1) is 23.4. The second-order valence-electron chi connectivity index (χ2n) is 8.46. The summed E-state index contributed by atoms with van der Waals surface area (Å²) in [6.07, 6.45) is -4.93. The lowest BCUT2D eigenvalue weighted by Gasteiger charge is -2.13. The van der Waals surface area contributed by atoms with Gasteiger partial charge in [0.25, 0.3) is 0 Å².